The van der Waals surface area contributed by atoms with Gasteiger partial charge in [-0.05, 0) is 30.7 Å². The average molecular weight is 321 g/mol. The van der Waals surface area contributed by atoms with Crippen molar-refractivity contribution >= 4 is 17.6 Å². The van der Waals surface area contributed by atoms with Gasteiger partial charge in [0, 0.05) is 5.69 Å². The van der Waals surface area contributed by atoms with Crippen molar-refractivity contribution in [1.29, 1.82) is 0 Å². The van der Waals surface area contributed by atoms with Gasteiger partial charge in [0.2, 0.25) is 0 Å². The second-order valence-electron chi connectivity index (χ2n) is 4.87. The molecule has 0 amide bonds. The predicted molar refractivity (Wildman–Crippen MR) is 82.1 cm³/mol. The number of carbonyl (C=O) groups excluding carboxylic acids is 2. The zero-order chi connectivity index (χ0) is 17.0. The smallest absolute Gasteiger partial charge is 0.355 e. The van der Waals surface area contributed by atoms with Crippen LogP contribution < -0.4 is 9.64 Å². The van der Waals surface area contributed by atoms with Gasteiger partial charge in [-0.15, -0.1) is 0 Å². The molecule has 0 aliphatic carbocycles. The quantitative estimate of drug-likeness (QED) is 0.776. The van der Waals surface area contributed by atoms with E-state index in [4.69, 9.17) is 18.9 Å². The third-order valence-electron chi connectivity index (χ3n) is 3.53. The van der Waals surface area contributed by atoms with Crippen molar-refractivity contribution in [3.63, 3.8) is 0 Å². The van der Waals surface area contributed by atoms with Crippen molar-refractivity contribution in [1.82, 2.24) is 0 Å². The Morgan fingerprint density at radius 2 is 1.83 bits per heavy atom. The first-order chi connectivity index (χ1) is 11.0. The van der Waals surface area contributed by atoms with Crippen LogP contribution in [0.2, 0.25) is 0 Å². The number of ether oxygens (including phenoxy) is 4. The molecule has 0 spiro atoms. The molecule has 0 bridgehead atoms. The number of anilines is 1. The molecule has 0 unspecified atom stereocenters. The summed E-state index contributed by atoms with van der Waals surface area (Å²) in [5, 5.41) is 0. The minimum atomic E-state index is -0.624. The third kappa shape index (κ3) is 3.29. The Kier molecular flexibility index (Phi) is 5.23. The molecule has 2 rings (SSSR count). The maximum atomic E-state index is 12.2. The fraction of sp³-hybridized carbons (Fsp3) is 0.375. The van der Waals surface area contributed by atoms with E-state index in [0.717, 1.165) is 5.56 Å². The summed E-state index contributed by atoms with van der Waals surface area (Å²) < 4.78 is 20.2. The molecule has 1 aromatic rings. The van der Waals surface area contributed by atoms with Crippen molar-refractivity contribution in [2.75, 3.05) is 39.6 Å². The highest BCUT2D eigenvalue weighted by atomic mass is 16.5. The summed E-state index contributed by atoms with van der Waals surface area (Å²) in [5.74, 6) is -0.550. The molecular weight excluding hydrogens is 302 g/mol. The maximum absolute atomic E-state index is 12.2. The highest BCUT2D eigenvalue weighted by molar-refractivity contribution is 6.03. The van der Waals surface area contributed by atoms with Crippen molar-refractivity contribution < 1.29 is 28.5 Å². The Hall–Kier alpha value is -2.54. The molecule has 23 heavy (non-hydrogen) atoms. The van der Waals surface area contributed by atoms with E-state index in [-0.39, 0.29) is 24.6 Å². The molecule has 0 N–H and O–H groups in total. The summed E-state index contributed by atoms with van der Waals surface area (Å²) in [6.07, 6.45) is 0. The standard InChI is InChI=1S/C16H19NO6/c1-10-7-11(20-2)5-6-13(10)17-9-23-8-12(15(18)21-3)14(17)16(19)22-4/h5-7H,8-9H2,1-4H3. The number of benzene rings is 1. The van der Waals surface area contributed by atoms with E-state index >= 15 is 0 Å². The van der Waals surface area contributed by atoms with Gasteiger partial charge in [0.1, 0.15) is 18.2 Å². The lowest BCUT2D eigenvalue weighted by molar-refractivity contribution is -0.140. The molecule has 0 saturated carbocycles. The molecule has 1 aliphatic heterocycles. The number of esters is 2. The monoisotopic (exact) mass is 321 g/mol. The first-order valence-corrected chi connectivity index (χ1v) is 6.93. The Balaban J connectivity index is 2.55. The third-order valence-corrected chi connectivity index (χ3v) is 3.53. The largest absolute Gasteiger partial charge is 0.497 e. The first-order valence-electron chi connectivity index (χ1n) is 6.93. The Morgan fingerprint density at radius 3 is 2.39 bits per heavy atom. The van der Waals surface area contributed by atoms with Crippen LogP contribution in [0.15, 0.2) is 29.5 Å². The molecule has 0 atom stereocenters. The van der Waals surface area contributed by atoms with Crippen LogP contribution in [0.5, 0.6) is 5.75 Å². The van der Waals surface area contributed by atoms with Crippen LogP contribution in [0.1, 0.15) is 5.56 Å². The molecular formula is C16H19NO6. The number of methoxy groups -OCH3 is 3. The van der Waals surface area contributed by atoms with E-state index in [0.29, 0.717) is 11.4 Å². The molecule has 1 aromatic carbocycles. The number of hydrogen-bond acceptors (Lipinski definition) is 7. The lowest BCUT2D eigenvalue weighted by Crippen LogP contribution is -2.39. The zero-order valence-electron chi connectivity index (χ0n) is 13.5. The minimum Gasteiger partial charge on any atom is -0.497 e. The summed E-state index contributed by atoms with van der Waals surface area (Å²) in [7, 11) is 4.09. The number of hydrogen-bond donors (Lipinski definition) is 0. The Bertz CT molecular complexity index is 652. The van der Waals surface area contributed by atoms with E-state index in [2.05, 4.69) is 0 Å². The molecule has 0 aromatic heterocycles. The topological polar surface area (TPSA) is 74.3 Å². The highest BCUT2D eigenvalue weighted by Crippen LogP contribution is 2.31. The van der Waals surface area contributed by atoms with E-state index < -0.39 is 11.9 Å². The molecule has 0 saturated heterocycles. The minimum absolute atomic E-state index is 0.0111. The molecule has 7 heteroatoms. The second-order valence-corrected chi connectivity index (χ2v) is 4.87. The van der Waals surface area contributed by atoms with Crippen LogP contribution >= 0.6 is 0 Å². The van der Waals surface area contributed by atoms with E-state index in [9.17, 15) is 9.59 Å². The van der Waals surface area contributed by atoms with Gasteiger partial charge in [0.25, 0.3) is 0 Å². The van der Waals surface area contributed by atoms with Gasteiger partial charge in [-0.3, -0.25) is 0 Å². The fourth-order valence-electron chi connectivity index (χ4n) is 2.39. The van der Waals surface area contributed by atoms with Gasteiger partial charge in [-0.2, -0.15) is 0 Å². The van der Waals surface area contributed by atoms with E-state index in [1.165, 1.54) is 14.2 Å². The van der Waals surface area contributed by atoms with Gasteiger partial charge in [-0.25, -0.2) is 9.59 Å². The van der Waals surface area contributed by atoms with Gasteiger partial charge in [-0.1, -0.05) is 0 Å². The van der Waals surface area contributed by atoms with Gasteiger partial charge in [0.15, 0.2) is 0 Å². The van der Waals surface area contributed by atoms with Crippen LogP contribution in [0.4, 0.5) is 5.69 Å². The van der Waals surface area contributed by atoms with E-state index in [1.54, 1.807) is 24.1 Å². The molecule has 124 valence electrons. The normalized spacial score (nSPS) is 14.5. The van der Waals surface area contributed by atoms with Crippen LogP contribution in [0.25, 0.3) is 0 Å². The van der Waals surface area contributed by atoms with Crippen LogP contribution in [0, 0.1) is 6.92 Å². The van der Waals surface area contributed by atoms with Crippen LogP contribution in [-0.2, 0) is 23.8 Å². The predicted octanol–water partition coefficient (Wildman–Crippen LogP) is 1.40. The summed E-state index contributed by atoms with van der Waals surface area (Å²) >= 11 is 0. The maximum Gasteiger partial charge on any atom is 0.355 e. The van der Waals surface area contributed by atoms with Crippen LogP contribution in [-0.4, -0.2) is 46.6 Å². The van der Waals surface area contributed by atoms with E-state index in [1.807, 2.05) is 13.0 Å². The summed E-state index contributed by atoms with van der Waals surface area (Å²) in [5.41, 5.74) is 1.83. The average Bonchev–Trinajstić information content (AvgIpc) is 2.59. The molecule has 1 heterocycles. The second kappa shape index (κ2) is 7.15. The number of carbonyl (C=O) groups is 2. The fourth-order valence-corrected chi connectivity index (χ4v) is 2.39. The molecule has 0 radical (unpaired) electrons. The van der Waals surface area contributed by atoms with Crippen molar-refractivity contribution in [2.45, 2.75) is 6.92 Å². The van der Waals surface area contributed by atoms with Gasteiger partial charge < -0.3 is 23.8 Å². The first kappa shape index (κ1) is 16.8. The van der Waals surface area contributed by atoms with Crippen LogP contribution in [0.3, 0.4) is 0 Å². The summed E-state index contributed by atoms with van der Waals surface area (Å²) in [6, 6.07) is 5.39. The molecule has 1 aliphatic rings. The Morgan fingerprint density at radius 1 is 1.13 bits per heavy atom. The summed E-state index contributed by atoms with van der Waals surface area (Å²) in [4.78, 5) is 25.7. The highest BCUT2D eigenvalue weighted by Gasteiger charge is 2.32. The lowest BCUT2D eigenvalue weighted by atomic mass is 10.1. The number of rotatable bonds is 4. The number of nitrogens with zero attached hydrogens (tertiary/aromatic N) is 1. The van der Waals surface area contributed by atoms with Crippen molar-refractivity contribution in [3.8, 4) is 5.75 Å². The SMILES string of the molecule is COC(=O)C1=C(C(=O)OC)N(c2ccc(OC)cc2C)COC1. The summed E-state index contributed by atoms with van der Waals surface area (Å²) in [6.45, 7) is 1.99. The van der Waals surface area contributed by atoms with Crippen molar-refractivity contribution in [2.24, 2.45) is 0 Å². The zero-order valence-corrected chi connectivity index (χ0v) is 13.5. The number of aryl methyl sites for hydroxylation is 1. The molecule has 0 fully saturated rings. The lowest BCUT2D eigenvalue weighted by Gasteiger charge is -2.32. The van der Waals surface area contributed by atoms with Gasteiger partial charge >= 0.3 is 11.9 Å². The van der Waals surface area contributed by atoms with Gasteiger partial charge in [0.05, 0.1) is 33.5 Å². The van der Waals surface area contributed by atoms with Crippen molar-refractivity contribution in [3.05, 3.63) is 35.0 Å². The molecule has 7 nitrogen and oxygen atoms in total. The Labute approximate surface area is 134 Å².